The summed E-state index contributed by atoms with van der Waals surface area (Å²) >= 11 is 0. The first-order chi connectivity index (χ1) is 16.6. The van der Waals surface area contributed by atoms with Crippen molar-refractivity contribution in [3.63, 3.8) is 0 Å². The van der Waals surface area contributed by atoms with Crippen LogP contribution in [0.25, 0.3) is 33.4 Å². The van der Waals surface area contributed by atoms with Crippen molar-refractivity contribution in [1.82, 2.24) is 14.8 Å². The van der Waals surface area contributed by atoms with E-state index in [4.69, 9.17) is 16.2 Å². The van der Waals surface area contributed by atoms with E-state index in [-0.39, 0.29) is 45.5 Å². The Labute approximate surface area is 199 Å². The number of aliphatic hydroxyl groups is 1. The number of primary amides is 1. The summed E-state index contributed by atoms with van der Waals surface area (Å²) in [5.74, 6) is -1.86. The molecule has 1 fully saturated rings. The summed E-state index contributed by atoms with van der Waals surface area (Å²) in [5, 5.41) is 14.9. The number of nitrogens with two attached hydrogens (primary N) is 2. The van der Waals surface area contributed by atoms with Crippen molar-refractivity contribution in [2.75, 3.05) is 12.8 Å². The van der Waals surface area contributed by atoms with Crippen molar-refractivity contribution in [2.45, 2.75) is 31.4 Å². The topological polar surface area (TPSA) is 129 Å². The zero-order valence-corrected chi connectivity index (χ0v) is 19.0. The van der Waals surface area contributed by atoms with Crippen LogP contribution < -0.4 is 16.2 Å². The molecule has 2 aromatic heterocycles. The zero-order valence-electron chi connectivity index (χ0n) is 19.0. The number of carbonyl (C=O) groups excluding carboxylic acids is 1. The molecule has 35 heavy (non-hydrogen) atoms. The molecule has 4 aromatic rings. The van der Waals surface area contributed by atoms with E-state index in [9.17, 15) is 14.3 Å². The molecular formula is C25H23F2N5O3. The van der Waals surface area contributed by atoms with Crippen LogP contribution in [0.15, 0.2) is 42.5 Å². The van der Waals surface area contributed by atoms with Gasteiger partial charge in [-0.3, -0.25) is 4.79 Å². The third-order valence-corrected chi connectivity index (χ3v) is 6.40. The Morgan fingerprint density at radius 2 is 1.91 bits per heavy atom. The lowest BCUT2D eigenvalue weighted by molar-refractivity contribution is -0.0535. The summed E-state index contributed by atoms with van der Waals surface area (Å²) in [6, 6.07) is 10.3. The van der Waals surface area contributed by atoms with Gasteiger partial charge in [-0.1, -0.05) is 12.1 Å². The lowest BCUT2D eigenvalue weighted by Gasteiger charge is -2.41. The van der Waals surface area contributed by atoms with Gasteiger partial charge in [0.2, 0.25) is 0 Å². The fraction of sp³-hybridized carbons (Fsp3) is 0.240. The summed E-state index contributed by atoms with van der Waals surface area (Å²) in [4.78, 5) is 16.7. The quantitative estimate of drug-likeness (QED) is 0.399. The molecule has 0 atom stereocenters. The molecule has 2 aromatic carbocycles. The minimum absolute atomic E-state index is 0.00172. The van der Waals surface area contributed by atoms with E-state index in [0.717, 1.165) is 0 Å². The maximum absolute atomic E-state index is 16.0. The van der Waals surface area contributed by atoms with Gasteiger partial charge in [-0.2, -0.15) is 5.10 Å². The second-order valence-corrected chi connectivity index (χ2v) is 8.99. The lowest BCUT2D eigenvalue weighted by Crippen LogP contribution is -2.42. The van der Waals surface area contributed by atoms with Gasteiger partial charge in [0.05, 0.1) is 24.4 Å². The Morgan fingerprint density at radius 1 is 1.20 bits per heavy atom. The van der Waals surface area contributed by atoms with Gasteiger partial charge in [-0.05, 0) is 44.0 Å². The van der Waals surface area contributed by atoms with E-state index in [1.54, 1.807) is 25.1 Å². The van der Waals surface area contributed by atoms with Gasteiger partial charge in [0, 0.05) is 22.6 Å². The van der Waals surface area contributed by atoms with Crippen LogP contribution in [0.3, 0.4) is 0 Å². The SMILES string of the molecule is COc1cc(-c2ccccc2F)nc2c(F)c(-c3nn([C@H]4C[C@@](C)(O)C4)c(N)c3C(N)=O)ccc12. The number of hydrogen-bond acceptors (Lipinski definition) is 6. The number of hydrogen-bond donors (Lipinski definition) is 3. The van der Waals surface area contributed by atoms with Crippen LogP contribution in [0.4, 0.5) is 14.6 Å². The van der Waals surface area contributed by atoms with Crippen molar-refractivity contribution in [3.05, 3.63) is 59.7 Å². The van der Waals surface area contributed by atoms with Gasteiger partial charge in [0.1, 0.15) is 34.2 Å². The number of aromatic nitrogens is 3. The van der Waals surface area contributed by atoms with Crippen molar-refractivity contribution < 1.29 is 23.4 Å². The Bertz CT molecular complexity index is 1490. The van der Waals surface area contributed by atoms with Gasteiger partial charge in [-0.25, -0.2) is 18.4 Å². The molecule has 5 N–H and O–H groups in total. The molecule has 1 amide bonds. The molecular weight excluding hydrogens is 456 g/mol. The van der Waals surface area contributed by atoms with Crippen molar-refractivity contribution in [1.29, 1.82) is 0 Å². The number of nitrogen functional groups attached to an aromatic ring is 1. The number of fused-ring (bicyclic) bond motifs is 1. The van der Waals surface area contributed by atoms with Crippen LogP contribution in [0, 0.1) is 11.6 Å². The third-order valence-electron chi connectivity index (χ3n) is 6.40. The van der Waals surface area contributed by atoms with Crippen LogP contribution >= 0.6 is 0 Å². The third kappa shape index (κ3) is 3.66. The lowest BCUT2D eigenvalue weighted by atomic mass is 9.77. The highest BCUT2D eigenvalue weighted by Gasteiger charge is 2.42. The molecule has 8 nitrogen and oxygen atoms in total. The highest BCUT2D eigenvalue weighted by molar-refractivity contribution is 6.04. The number of carbonyl (C=O) groups is 1. The molecule has 0 aliphatic heterocycles. The Balaban J connectivity index is 1.72. The highest BCUT2D eigenvalue weighted by atomic mass is 19.1. The normalized spacial score (nSPS) is 19.5. The number of rotatable bonds is 5. The average molecular weight is 479 g/mol. The predicted octanol–water partition coefficient (Wildman–Crippen LogP) is 3.82. The fourth-order valence-electron chi connectivity index (χ4n) is 4.67. The number of halogens is 2. The predicted molar refractivity (Wildman–Crippen MR) is 127 cm³/mol. The summed E-state index contributed by atoms with van der Waals surface area (Å²) in [6.07, 6.45) is 0.753. The molecule has 1 saturated carbocycles. The van der Waals surface area contributed by atoms with Crippen molar-refractivity contribution >= 4 is 22.6 Å². The van der Waals surface area contributed by atoms with Gasteiger partial charge < -0.3 is 21.3 Å². The van der Waals surface area contributed by atoms with Crippen molar-refractivity contribution in [3.8, 4) is 28.3 Å². The van der Waals surface area contributed by atoms with Crippen LogP contribution in [-0.2, 0) is 0 Å². The Hall–Kier alpha value is -4.05. The molecule has 0 bridgehead atoms. The van der Waals surface area contributed by atoms with E-state index in [1.807, 2.05) is 0 Å². The molecule has 180 valence electrons. The van der Waals surface area contributed by atoms with Gasteiger partial charge in [0.25, 0.3) is 5.91 Å². The van der Waals surface area contributed by atoms with Crippen molar-refractivity contribution in [2.24, 2.45) is 5.73 Å². The Morgan fingerprint density at radius 3 is 2.54 bits per heavy atom. The van der Waals surface area contributed by atoms with E-state index in [2.05, 4.69) is 10.1 Å². The maximum atomic E-state index is 16.0. The molecule has 0 unspecified atom stereocenters. The monoisotopic (exact) mass is 479 g/mol. The molecule has 5 rings (SSSR count). The number of nitrogens with zero attached hydrogens (tertiary/aromatic N) is 3. The molecule has 2 heterocycles. The number of benzene rings is 2. The highest BCUT2D eigenvalue weighted by Crippen LogP contribution is 2.44. The molecule has 0 spiro atoms. The minimum Gasteiger partial charge on any atom is -0.496 e. The van der Waals surface area contributed by atoms with E-state index >= 15 is 4.39 Å². The van der Waals surface area contributed by atoms with Crippen LogP contribution in [-0.4, -0.2) is 38.5 Å². The first-order valence-corrected chi connectivity index (χ1v) is 10.9. The van der Waals surface area contributed by atoms with Crippen LogP contribution in [0.5, 0.6) is 5.75 Å². The first-order valence-electron chi connectivity index (χ1n) is 10.9. The molecule has 0 radical (unpaired) electrons. The standard InChI is InChI=1S/C25H23F2N5O3/c1-25(34)10-12(11-25)32-23(28)19(24(29)33)21(31-32)15-8-7-14-18(35-2)9-17(30-22(14)20(15)27)13-5-3-4-6-16(13)26/h3-9,12,34H,10-11,28H2,1-2H3,(H2,29,33)/t12-,25+. The second-order valence-electron chi connectivity index (χ2n) is 8.99. The molecule has 1 aliphatic rings. The molecule has 10 heteroatoms. The fourth-order valence-corrected chi connectivity index (χ4v) is 4.67. The van der Waals surface area contributed by atoms with E-state index in [0.29, 0.717) is 24.0 Å². The number of methoxy groups -OCH3 is 1. The van der Waals surface area contributed by atoms with E-state index < -0.39 is 23.1 Å². The van der Waals surface area contributed by atoms with Gasteiger partial charge in [-0.15, -0.1) is 0 Å². The summed E-state index contributed by atoms with van der Waals surface area (Å²) in [7, 11) is 1.42. The molecule has 1 aliphatic carbocycles. The maximum Gasteiger partial charge on any atom is 0.254 e. The summed E-state index contributed by atoms with van der Waals surface area (Å²) < 4.78 is 37.2. The summed E-state index contributed by atoms with van der Waals surface area (Å²) in [5.41, 5.74) is 11.0. The van der Waals surface area contributed by atoms with Gasteiger partial charge >= 0.3 is 0 Å². The number of pyridine rings is 1. The van der Waals surface area contributed by atoms with Crippen LogP contribution in [0.2, 0.25) is 0 Å². The number of amides is 1. The molecule has 0 saturated heterocycles. The zero-order chi connectivity index (χ0) is 25.1. The summed E-state index contributed by atoms with van der Waals surface area (Å²) in [6.45, 7) is 1.69. The number of ether oxygens (including phenoxy) is 1. The van der Waals surface area contributed by atoms with E-state index in [1.165, 1.54) is 36.1 Å². The average Bonchev–Trinajstić information content (AvgIpc) is 3.14. The Kier molecular flexibility index (Phi) is 5.21. The van der Waals surface area contributed by atoms with Crippen LogP contribution in [0.1, 0.15) is 36.2 Å². The minimum atomic E-state index is -0.867. The number of anilines is 1. The van der Waals surface area contributed by atoms with Gasteiger partial charge in [0.15, 0.2) is 5.82 Å². The smallest absolute Gasteiger partial charge is 0.254 e. The second kappa shape index (κ2) is 8.02. The largest absolute Gasteiger partial charge is 0.496 e. The first kappa shape index (κ1) is 22.7.